The van der Waals surface area contributed by atoms with E-state index in [4.69, 9.17) is 4.52 Å². The standard InChI is InChI=1S/C25H29N5O2S/c1-16(23-17(2)29-32-18(23)3)14-26-24-21-8-6-7-9-22(21)25(28-27-24)30(4)15-19-10-12-20(13-11-19)33(5)31/h6-13,16H,14-15H2,1-5H3,(H,26,27). The normalized spacial score (nSPS) is 13.1. The van der Waals surface area contributed by atoms with Gasteiger partial charge in [-0.15, -0.1) is 10.2 Å². The van der Waals surface area contributed by atoms with Crippen molar-refractivity contribution in [3.8, 4) is 0 Å². The van der Waals surface area contributed by atoms with Gasteiger partial charge in [-0.25, -0.2) is 0 Å². The van der Waals surface area contributed by atoms with E-state index in [-0.39, 0.29) is 5.92 Å². The molecule has 0 fully saturated rings. The van der Waals surface area contributed by atoms with Gasteiger partial charge in [0.05, 0.1) is 5.69 Å². The third kappa shape index (κ3) is 4.90. The number of hydrogen-bond donors (Lipinski definition) is 1. The van der Waals surface area contributed by atoms with Gasteiger partial charge >= 0.3 is 0 Å². The largest absolute Gasteiger partial charge is 0.367 e. The van der Waals surface area contributed by atoms with E-state index in [1.165, 1.54) is 0 Å². The highest BCUT2D eigenvalue weighted by Crippen LogP contribution is 2.30. The van der Waals surface area contributed by atoms with E-state index in [0.29, 0.717) is 13.1 Å². The lowest BCUT2D eigenvalue weighted by atomic mass is 9.99. The molecule has 0 bridgehead atoms. The smallest absolute Gasteiger partial charge is 0.159 e. The average molecular weight is 464 g/mol. The fourth-order valence-corrected chi connectivity index (χ4v) is 4.70. The SMILES string of the molecule is Cc1noc(C)c1C(C)CNc1nnc(N(C)Cc2ccc(S(C)=O)cc2)c2ccccc12. The van der Waals surface area contributed by atoms with Gasteiger partial charge in [0.1, 0.15) is 5.76 Å². The lowest BCUT2D eigenvalue weighted by Gasteiger charge is -2.21. The second-order valence-electron chi connectivity index (χ2n) is 8.39. The molecule has 172 valence electrons. The molecule has 2 aromatic heterocycles. The van der Waals surface area contributed by atoms with Gasteiger partial charge in [0.2, 0.25) is 0 Å². The monoisotopic (exact) mass is 463 g/mol. The van der Waals surface area contributed by atoms with Crippen LogP contribution in [0.2, 0.25) is 0 Å². The maximum atomic E-state index is 11.6. The van der Waals surface area contributed by atoms with Crippen molar-refractivity contribution in [3.05, 3.63) is 71.1 Å². The van der Waals surface area contributed by atoms with Gasteiger partial charge in [0, 0.05) is 64.3 Å². The number of anilines is 2. The Morgan fingerprint density at radius 1 is 1.06 bits per heavy atom. The number of nitrogens with zero attached hydrogens (tertiary/aromatic N) is 4. The summed E-state index contributed by atoms with van der Waals surface area (Å²) in [5.74, 6) is 2.65. The number of nitrogens with one attached hydrogen (secondary N) is 1. The number of rotatable bonds is 8. The summed E-state index contributed by atoms with van der Waals surface area (Å²) < 4.78 is 17.0. The lowest BCUT2D eigenvalue weighted by molar-refractivity contribution is 0.391. The van der Waals surface area contributed by atoms with Crippen LogP contribution in [-0.2, 0) is 17.3 Å². The van der Waals surface area contributed by atoms with Gasteiger partial charge in [-0.05, 0) is 31.5 Å². The van der Waals surface area contributed by atoms with Gasteiger partial charge < -0.3 is 14.7 Å². The summed E-state index contributed by atoms with van der Waals surface area (Å²) in [7, 11) is 1.03. The van der Waals surface area contributed by atoms with Crippen molar-refractivity contribution in [1.82, 2.24) is 15.4 Å². The maximum absolute atomic E-state index is 11.6. The predicted octanol–water partition coefficient (Wildman–Crippen LogP) is 4.82. The molecule has 7 nitrogen and oxygen atoms in total. The molecule has 0 radical (unpaired) electrons. The zero-order valence-corrected chi connectivity index (χ0v) is 20.4. The molecule has 4 aromatic rings. The molecule has 1 N–H and O–H groups in total. The average Bonchev–Trinajstić information content (AvgIpc) is 3.15. The van der Waals surface area contributed by atoms with Crippen LogP contribution in [-0.4, -0.2) is 39.4 Å². The first-order chi connectivity index (χ1) is 15.8. The molecule has 2 atom stereocenters. The zero-order valence-electron chi connectivity index (χ0n) is 19.6. The van der Waals surface area contributed by atoms with Crippen LogP contribution in [0.3, 0.4) is 0 Å². The Labute approximate surface area is 196 Å². The second kappa shape index (κ2) is 9.70. The summed E-state index contributed by atoms with van der Waals surface area (Å²) in [6, 6.07) is 16.0. The minimum Gasteiger partial charge on any atom is -0.367 e. The molecule has 4 rings (SSSR count). The molecule has 0 aliphatic rings. The maximum Gasteiger partial charge on any atom is 0.159 e. The molecule has 2 aromatic carbocycles. The number of aryl methyl sites for hydroxylation is 2. The molecule has 0 amide bonds. The number of fused-ring (bicyclic) bond motifs is 1. The van der Waals surface area contributed by atoms with E-state index in [2.05, 4.69) is 44.6 Å². The van der Waals surface area contributed by atoms with Crippen molar-refractivity contribution in [2.75, 3.05) is 30.1 Å². The van der Waals surface area contributed by atoms with Crippen molar-refractivity contribution >= 4 is 33.2 Å². The van der Waals surface area contributed by atoms with E-state index in [0.717, 1.165) is 49.9 Å². The Morgan fingerprint density at radius 2 is 1.76 bits per heavy atom. The van der Waals surface area contributed by atoms with E-state index < -0.39 is 10.8 Å². The molecule has 2 unspecified atom stereocenters. The Balaban J connectivity index is 1.55. The van der Waals surface area contributed by atoms with Gasteiger partial charge in [-0.3, -0.25) is 4.21 Å². The quantitative estimate of drug-likeness (QED) is 0.401. The molecule has 0 saturated heterocycles. The summed E-state index contributed by atoms with van der Waals surface area (Å²) in [6.07, 6.45) is 1.69. The minimum atomic E-state index is -0.977. The highest BCUT2D eigenvalue weighted by molar-refractivity contribution is 7.84. The van der Waals surface area contributed by atoms with E-state index in [9.17, 15) is 4.21 Å². The van der Waals surface area contributed by atoms with Crippen LogP contribution in [0.5, 0.6) is 0 Å². The zero-order chi connectivity index (χ0) is 23.5. The first-order valence-electron chi connectivity index (χ1n) is 10.9. The van der Waals surface area contributed by atoms with Crippen molar-refractivity contribution < 1.29 is 8.73 Å². The highest BCUT2D eigenvalue weighted by atomic mass is 32.2. The molecule has 0 aliphatic heterocycles. The van der Waals surface area contributed by atoms with Crippen LogP contribution in [0.15, 0.2) is 57.9 Å². The third-order valence-corrected chi connectivity index (χ3v) is 6.80. The second-order valence-corrected chi connectivity index (χ2v) is 9.77. The summed E-state index contributed by atoms with van der Waals surface area (Å²) in [4.78, 5) is 2.91. The van der Waals surface area contributed by atoms with Crippen LogP contribution in [0.25, 0.3) is 10.8 Å². The highest BCUT2D eigenvalue weighted by Gasteiger charge is 2.18. The van der Waals surface area contributed by atoms with Crippen LogP contribution in [0, 0.1) is 13.8 Å². The van der Waals surface area contributed by atoms with Crippen molar-refractivity contribution in [2.45, 2.75) is 38.1 Å². The van der Waals surface area contributed by atoms with Crippen LogP contribution in [0.4, 0.5) is 11.6 Å². The van der Waals surface area contributed by atoms with E-state index in [1.807, 2.05) is 57.3 Å². The summed E-state index contributed by atoms with van der Waals surface area (Å²) in [5.41, 5.74) is 3.18. The van der Waals surface area contributed by atoms with Gasteiger partial charge in [-0.2, -0.15) is 0 Å². The Morgan fingerprint density at radius 3 is 2.39 bits per heavy atom. The number of benzene rings is 2. The third-order valence-electron chi connectivity index (χ3n) is 5.86. The van der Waals surface area contributed by atoms with E-state index >= 15 is 0 Å². The van der Waals surface area contributed by atoms with Crippen LogP contribution >= 0.6 is 0 Å². The molecule has 2 heterocycles. The van der Waals surface area contributed by atoms with Crippen molar-refractivity contribution in [3.63, 3.8) is 0 Å². The van der Waals surface area contributed by atoms with Gasteiger partial charge in [0.25, 0.3) is 0 Å². The number of hydrogen-bond acceptors (Lipinski definition) is 7. The van der Waals surface area contributed by atoms with Gasteiger partial charge in [0.15, 0.2) is 11.6 Å². The minimum absolute atomic E-state index is 0.222. The Bertz CT molecular complexity index is 1270. The van der Waals surface area contributed by atoms with E-state index in [1.54, 1.807) is 6.26 Å². The molecule has 0 spiro atoms. The molecule has 33 heavy (non-hydrogen) atoms. The van der Waals surface area contributed by atoms with Crippen molar-refractivity contribution in [2.24, 2.45) is 0 Å². The van der Waals surface area contributed by atoms with Crippen LogP contribution in [0.1, 0.15) is 35.4 Å². The summed E-state index contributed by atoms with van der Waals surface area (Å²) >= 11 is 0. The summed E-state index contributed by atoms with van der Waals surface area (Å²) in [5, 5.41) is 18.7. The lowest BCUT2D eigenvalue weighted by Crippen LogP contribution is -2.19. The fraction of sp³-hybridized carbons (Fsp3) is 0.320. The first kappa shape index (κ1) is 22.9. The molecular formula is C25H29N5O2S. The fourth-order valence-electron chi connectivity index (χ4n) is 4.18. The first-order valence-corrected chi connectivity index (χ1v) is 12.5. The number of aromatic nitrogens is 3. The topological polar surface area (TPSA) is 84.2 Å². The molecule has 0 saturated carbocycles. The Hall–Kier alpha value is -3.26. The predicted molar refractivity (Wildman–Crippen MR) is 133 cm³/mol. The molecule has 0 aliphatic carbocycles. The summed E-state index contributed by atoms with van der Waals surface area (Å²) in [6.45, 7) is 7.43. The van der Waals surface area contributed by atoms with Gasteiger partial charge in [-0.1, -0.05) is 48.5 Å². The Kier molecular flexibility index (Phi) is 6.74. The van der Waals surface area contributed by atoms with Crippen molar-refractivity contribution in [1.29, 1.82) is 0 Å². The molecule has 8 heteroatoms. The molecular weight excluding hydrogens is 434 g/mol. The van der Waals surface area contributed by atoms with Crippen LogP contribution < -0.4 is 10.2 Å².